The van der Waals surface area contributed by atoms with Crippen molar-refractivity contribution >= 4 is 22.5 Å². The lowest BCUT2D eigenvalue weighted by Gasteiger charge is -2.14. The van der Waals surface area contributed by atoms with Crippen molar-refractivity contribution in [1.29, 1.82) is 0 Å². The summed E-state index contributed by atoms with van der Waals surface area (Å²) in [6.45, 7) is 4.99. The van der Waals surface area contributed by atoms with Crippen LogP contribution in [0.1, 0.15) is 20.3 Å². The SMILES string of the molecule is CCCOc1cc(Cl)c(-c2nc3ccccc3c(=O)[nH]2)cc1OCC. The third-order valence-corrected chi connectivity index (χ3v) is 3.98. The van der Waals surface area contributed by atoms with E-state index in [4.69, 9.17) is 21.1 Å². The van der Waals surface area contributed by atoms with E-state index in [1.165, 1.54) is 0 Å². The maximum absolute atomic E-state index is 12.3. The summed E-state index contributed by atoms with van der Waals surface area (Å²) in [7, 11) is 0. The van der Waals surface area contributed by atoms with Gasteiger partial charge in [-0.25, -0.2) is 4.98 Å². The Morgan fingerprint density at radius 2 is 1.88 bits per heavy atom. The second kappa shape index (κ2) is 7.57. The molecule has 3 aromatic rings. The average molecular weight is 359 g/mol. The number of ether oxygens (including phenoxy) is 2. The van der Waals surface area contributed by atoms with Crippen LogP contribution in [0, 0.1) is 0 Å². The Balaban J connectivity index is 2.13. The van der Waals surface area contributed by atoms with Crippen molar-refractivity contribution < 1.29 is 9.47 Å². The van der Waals surface area contributed by atoms with E-state index in [0.29, 0.717) is 52.0 Å². The molecule has 0 bridgehead atoms. The summed E-state index contributed by atoms with van der Waals surface area (Å²) in [6, 6.07) is 10.6. The number of hydrogen-bond donors (Lipinski definition) is 1. The van der Waals surface area contributed by atoms with Gasteiger partial charge in [-0.05, 0) is 31.5 Å². The number of rotatable bonds is 6. The van der Waals surface area contributed by atoms with Gasteiger partial charge in [0, 0.05) is 11.6 Å². The summed E-state index contributed by atoms with van der Waals surface area (Å²) < 4.78 is 11.4. The van der Waals surface area contributed by atoms with Gasteiger partial charge in [-0.3, -0.25) is 4.79 Å². The van der Waals surface area contributed by atoms with Crippen LogP contribution in [-0.4, -0.2) is 23.2 Å². The number of aromatic nitrogens is 2. The number of halogens is 1. The number of para-hydroxylation sites is 1. The van der Waals surface area contributed by atoms with Crippen LogP contribution in [-0.2, 0) is 0 Å². The zero-order chi connectivity index (χ0) is 17.8. The first-order chi connectivity index (χ1) is 12.1. The molecule has 0 aliphatic carbocycles. The van der Waals surface area contributed by atoms with E-state index < -0.39 is 0 Å². The van der Waals surface area contributed by atoms with E-state index in [9.17, 15) is 4.79 Å². The molecule has 1 N–H and O–H groups in total. The van der Waals surface area contributed by atoms with Gasteiger partial charge in [-0.2, -0.15) is 0 Å². The number of benzene rings is 2. The minimum atomic E-state index is -0.207. The fraction of sp³-hybridized carbons (Fsp3) is 0.263. The molecule has 0 amide bonds. The number of aromatic amines is 1. The largest absolute Gasteiger partial charge is 0.490 e. The summed E-state index contributed by atoms with van der Waals surface area (Å²) in [5.41, 5.74) is 0.999. The van der Waals surface area contributed by atoms with Crippen molar-refractivity contribution in [2.45, 2.75) is 20.3 Å². The van der Waals surface area contributed by atoms with Gasteiger partial charge in [0.25, 0.3) is 5.56 Å². The quantitative estimate of drug-likeness (QED) is 0.708. The third kappa shape index (κ3) is 3.61. The van der Waals surface area contributed by atoms with Gasteiger partial charge in [0.15, 0.2) is 11.5 Å². The lowest BCUT2D eigenvalue weighted by atomic mass is 10.1. The van der Waals surface area contributed by atoms with Gasteiger partial charge in [0.2, 0.25) is 0 Å². The van der Waals surface area contributed by atoms with Crippen LogP contribution < -0.4 is 15.0 Å². The first kappa shape index (κ1) is 17.3. The predicted molar refractivity (Wildman–Crippen MR) is 99.8 cm³/mol. The predicted octanol–water partition coefficient (Wildman–Crippen LogP) is 4.43. The van der Waals surface area contributed by atoms with Crippen LogP contribution in [0.3, 0.4) is 0 Å². The molecule has 25 heavy (non-hydrogen) atoms. The summed E-state index contributed by atoms with van der Waals surface area (Å²) in [5.74, 6) is 1.56. The van der Waals surface area contributed by atoms with Crippen LogP contribution in [0.5, 0.6) is 11.5 Å². The van der Waals surface area contributed by atoms with Gasteiger partial charge in [-0.1, -0.05) is 30.7 Å². The lowest BCUT2D eigenvalue weighted by molar-refractivity contribution is 0.277. The first-order valence-corrected chi connectivity index (χ1v) is 8.60. The lowest BCUT2D eigenvalue weighted by Crippen LogP contribution is -2.09. The standard InChI is InChI=1S/C19H19ClN2O3/c1-3-9-25-17-11-14(20)13(10-16(17)24-4-2)18-21-15-8-6-5-7-12(15)19(23)22-18/h5-8,10-11H,3-4,9H2,1-2H3,(H,21,22,23). The fourth-order valence-electron chi connectivity index (χ4n) is 2.52. The van der Waals surface area contributed by atoms with E-state index in [0.717, 1.165) is 6.42 Å². The molecule has 5 nitrogen and oxygen atoms in total. The normalized spacial score (nSPS) is 10.8. The number of hydrogen-bond acceptors (Lipinski definition) is 4. The summed E-state index contributed by atoms with van der Waals surface area (Å²) in [4.78, 5) is 19.6. The molecule has 0 unspecified atom stereocenters. The van der Waals surface area contributed by atoms with Gasteiger partial charge in [0.05, 0.1) is 29.1 Å². The number of nitrogens with one attached hydrogen (secondary N) is 1. The van der Waals surface area contributed by atoms with E-state index >= 15 is 0 Å². The molecule has 1 heterocycles. The molecule has 0 saturated heterocycles. The monoisotopic (exact) mass is 358 g/mol. The third-order valence-electron chi connectivity index (χ3n) is 3.66. The number of H-pyrrole nitrogens is 1. The Kier molecular flexibility index (Phi) is 5.24. The van der Waals surface area contributed by atoms with Crippen molar-refractivity contribution in [1.82, 2.24) is 9.97 Å². The van der Waals surface area contributed by atoms with E-state index in [-0.39, 0.29) is 5.56 Å². The molecule has 0 aliphatic rings. The van der Waals surface area contributed by atoms with Crippen LogP contribution in [0.4, 0.5) is 0 Å². The molecular weight excluding hydrogens is 340 g/mol. The van der Waals surface area contributed by atoms with Crippen LogP contribution >= 0.6 is 11.6 Å². The van der Waals surface area contributed by atoms with Crippen molar-refractivity contribution in [2.75, 3.05) is 13.2 Å². The summed E-state index contributed by atoms with van der Waals surface area (Å²) in [6.07, 6.45) is 0.879. The molecule has 0 radical (unpaired) electrons. The smallest absolute Gasteiger partial charge is 0.259 e. The molecule has 0 saturated carbocycles. The van der Waals surface area contributed by atoms with E-state index in [2.05, 4.69) is 9.97 Å². The Bertz CT molecular complexity index is 953. The molecule has 2 aromatic carbocycles. The van der Waals surface area contributed by atoms with Gasteiger partial charge >= 0.3 is 0 Å². The number of fused-ring (bicyclic) bond motifs is 1. The molecule has 0 spiro atoms. The topological polar surface area (TPSA) is 64.2 Å². The Labute approximate surface area is 150 Å². The number of nitrogens with zero attached hydrogens (tertiary/aromatic N) is 1. The second-order valence-electron chi connectivity index (χ2n) is 5.49. The molecular formula is C19H19ClN2O3. The highest BCUT2D eigenvalue weighted by atomic mass is 35.5. The van der Waals surface area contributed by atoms with Crippen LogP contribution in [0.25, 0.3) is 22.3 Å². The molecule has 0 atom stereocenters. The molecule has 1 aromatic heterocycles. The minimum absolute atomic E-state index is 0.207. The minimum Gasteiger partial charge on any atom is -0.490 e. The second-order valence-corrected chi connectivity index (χ2v) is 5.90. The van der Waals surface area contributed by atoms with Crippen LogP contribution in [0.2, 0.25) is 5.02 Å². The Morgan fingerprint density at radius 1 is 1.12 bits per heavy atom. The summed E-state index contributed by atoms with van der Waals surface area (Å²) >= 11 is 6.42. The zero-order valence-corrected chi connectivity index (χ0v) is 14.9. The van der Waals surface area contributed by atoms with E-state index in [1.807, 2.05) is 19.9 Å². The first-order valence-electron chi connectivity index (χ1n) is 8.22. The molecule has 0 fully saturated rings. The molecule has 6 heteroatoms. The van der Waals surface area contributed by atoms with Gasteiger partial charge in [-0.15, -0.1) is 0 Å². The van der Waals surface area contributed by atoms with Crippen molar-refractivity contribution in [3.05, 3.63) is 51.8 Å². The Hall–Kier alpha value is -2.53. The summed E-state index contributed by atoms with van der Waals surface area (Å²) in [5, 5.41) is 0.975. The zero-order valence-electron chi connectivity index (χ0n) is 14.1. The van der Waals surface area contributed by atoms with Crippen molar-refractivity contribution in [3.63, 3.8) is 0 Å². The Morgan fingerprint density at radius 3 is 2.64 bits per heavy atom. The molecule has 0 aliphatic heterocycles. The maximum atomic E-state index is 12.3. The highest BCUT2D eigenvalue weighted by Gasteiger charge is 2.15. The average Bonchev–Trinajstić information content (AvgIpc) is 2.61. The van der Waals surface area contributed by atoms with E-state index in [1.54, 1.807) is 30.3 Å². The molecule has 130 valence electrons. The van der Waals surface area contributed by atoms with Crippen molar-refractivity contribution in [2.24, 2.45) is 0 Å². The maximum Gasteiger partial charge on any atom is 0.259 e. The molecule has 3 rings (SSSR count). The highest BCUT2D eigenvalue weighted by molar-refractivity contribution is 6.33. The fourth-order valence-corrected chi connectivity index (χ4v) is 2.77. The van der Waals surface area contributed by atoms with Gasteiger partial charge in [0.1, 0.15) is 5.82 Å². The highest BCUT2D eigenvalue weighted by Crippen LogP contribution is 2.37. The van der Waals surface area contributed by atoms with Gasteiger partial charge < -0.3 is 14.5 Å². The van der Waals surface area contributed by atoms with Crippen molar-refractivity contribution in [3.8, 4) is 22.9 Å². The van der Waals surface area contributed by atoms with Crippen LogP contribution in [0.15, 0.2) is 41.2 Å².